The number of hydrogen-bond acceptors (Lipinski definition) is 3. The van der Waals surface area contributed by atoms with E-state index in [-0.39, 0.29) is 5.54 Å². The van der Waals surface area contributed by atoms with Crippen LogP contribution >= 0.6 is 0 Å². The second kappa shape index (κ2) is 4.42. The molecule has 0 bridgehead atoms. The minimum absolute atomic E-state index is 0.0863. The Morgan fingerprint density at radius 3 is 2.64 bits per heavy atom. The molecule has 1 heterocycles. The van der Waals surface area contributed by atoms with Gasteiger partial charge in [0.15, 0.2) is 0 Å². The molecule has 1 rings (SSSR count). The van der Waals surface area contributed by atoms with E-state index in [1.54, 1.807) is 7.11 Å². The number of ether oxygens (including phenoxy) is 1. The number of nitrogens with one attached hydrogen (secondary N) is 1. The Bertz CT molecular complexity index is 280. The van der Waals surface area contributed by atoms with Crippen molar-refractivity contribution in [2.45, 2.75) is 26.3 Å². The Labute approximate surface area is 85.5 Å². The van der Waals surface area contributed by atoms with Gasteiger partial charge in [-0.1, -0.05) is 6.07 Å². The second-order valence-electron chi connectivity index (χ2n) is 4.16. The number of nitrogens with zero attached hydrogens (tertiary/aromatic N) is 1. The molecule has 0 aliphatic rings. The van der Waals surface area contributed by atoms with Crippen molar-refractivity contribution in [3.05, 3.63) is 23.9 Å². The fraction of sp³-hybridized carbons (Fsp3) is 0.545. The van der Waals surface area contributed by atoms with E-state index >= 15 is 0 Å². The summed E-state index contributed by atoms with van der Waals surface area (Å²) in [7, 11) is 1.70. The van der Waals surface area contributed by atoms with Gasteiger partial charge in [-0.25, -0.2) is 4.98 Å². The molecule has 0 saturated carbocycles. The van der Waals surface area contributed by atoms with Gasteiger partial charge in [0.1, 0.15) is 5.82 Å². The molecule has 0 aliphatic carbocycles. The Hall–Kier alpha value is -1.09. The van der Waals surface area contributed by atoms with Gasteiger partial charge in [0, 0.05) is 13.3 Å². The summed E-state index contributed by atoms with van der Waals surface area (Å²) in [5, 5.41) is 3.31. The third kappa shape index (κ3) is 3.34. The lowest BCUT2D eigenvalue weighted by atomic mass is 10.1. The SMILES string of the molecule is COCC(C)(C)Nc1ccc(C)cn1. The van der Waals surface area contributed by atoms with Crippen LogP contribution in [0.5, 0.6) is 0 Å². The van der Waals surface area contributed by atoms with E-state index in [1.807, 2.05) is 25.3 Å². The normalized spacial score (nSPS) is 11.4. The summed E-state index contributed by atoms with van der Waals surface area (Å²) in [4.78, 5) is 4.28. The van der Waals surface area contributed by atoms with E-state index in [9.17, 15) is 0 Å². The molecule has 78 valence electrons. The summed E-state index contributed by atoms with van der Waals surface area (Å²) in [6.07, 6.45) is 1.85. The molecule has 0 saturated heterocycles. The number of anilines is 1. The Morgan fingerprint density at radius 1 is 1.43 bits per heavy atom. The van der Waals surface area contributed by atoms with E-state index in [0.717, 1.165) is 5.82 Å². The van der Waals surface area contributed by atoms with Crippen LogP contribution in [0, 0.1) is 6.92 Å². The standard InChI is InChI=1S/C11H18N2O/c1-9-5-6-10(12-7-9)13-11(2,3)8-14-4/h5-7H,8H2,1-4H3,(H,12,13). The first-order valence-electron chi connectivity index (χ1n) is 4.73. The van der Waals surface area contributed by atoms with Crippen molar-refractivity contribution in [1.29, 1.82) is 0 Å². The zero-order valence-electron chi connectivity index (χ0n) is 9.29. The fourth-order valence-corrected chi connectivity index (χ4v) is 1.29. The predicted molar refractivity (Wildman–Crippen MR) is 58.6 cm³/mol. The Kier molecular flexibility index (Phi) is 3.47. The topological polar surface area (TPSA) is 34.1 Å². The molecule has 0 unspecified atom stereocenters. The highest BCUT2D eigenvalue weighted by Crippen LogP contribution is 2.12. The van der Waals surface area contributed by atoms with E-state index in [0.29, 0.717) is 6.61 Å². The third-order valence-corrected chi connectivity index (χ3v) is 1.88. The van der Waals surface area contributed by atoms with Crippen LogP contribution in [0.3, 0.4) is 0 Å². The average Bonchev–Trinajstić information content (AvgIpc) is 2.08. The number of pyridine rings is 1. The number of hydrogen-bond donors (Lipinski definition) is 1. The maximum atomic E-state index is 5.11. The summed E-state index contributed by atoms with van der Waals surface area (Å²) in [6.45, 7) is 6.84. The monoisotopic (exact) mass is 194 g/mol. The van der Waals surface area contributed by atoms with Crippen molar-refractivity contribution in [1.82, 2.24) is 4.98 Å². The first-order chi connectivity index (χ1) is 6.53. The van der Waals surface area contributed by atoms with Crippen LogP contribution in [0.25, 0.3) is 0 Å². The maximum absolute atomic E-state index is 5.11. The first-order valence-corrected chi connectivity index (χ1v) is 4.73. The van der Waals surface area contributed by atoms with Crippen LogP contribution < -0.4 is 5.32 Å². The lowest BCUT2D eigenvalue weighted by Crippen LogP contribution is -2.36. The van der Waals surface area contributed by atoms with Gasteiger partial charge >= 0.3 is 0 Å². The molecular weight excluding hydrogens is 176 g/mol. The van der Waals surface area contributed by atoms with Crippen LogP contribution in [-0.4, -0.2) is 24.2 Å². The van der Waals surface area contributed by atoms with Gasteiger partial charge in [0.05, 0.1) is 12.1 Å². The fourth-order valence-electron chi connectivity index (χ4n) is 1.29. The smallest absolute Gasteiger partial charge is 0.126 e. The molecule has 14 heavy (non-hydrogen) atoms. The molecule has 1 N–H and O–H groups in total. The summed E-state index contributed by atoms with van der Waals surface area (Å²) < 4.78 is 5.11. The van der Waals surface area contributed by atoms with Crippen molar-refractivity contribution < 1.29 is 4.74 Å². The Morgan fingerprint density at radius 2 is 2.14 bits per heavy atom. The van der Waals surface area contributed by atoms with Crippen LogP contribution in [0.15, 0.2) is 18.3 Å². The molecule has 0 atom stereocenters. The summed E-state index contributed by atoms with van der Waals surface area (Å²) in [6, 6.07) is 4.02. The van der Waals surface area contributed by atoms with E-state index in [1.165, 1.54) is 5.56 Å². The maximum Gasteiger partial charge on any atom is 0.126 e. The quantitative estimate of drug-likeness (QED) is 0.798. The molecule has 0 amide bonds. The molecule has 0 fully saturated rings. The number of aryl methyl sites for hydroxylation is 1. The van der Waals surface area contributed by atoms with Gasteiger partial charge in [0.25, 0.3) is 0 Å². The molecule has 0 radical (unpaired) electrons. The average molecular weight is 194 g/mol. The van der Waals surface area contributed by atoms with Crippen LogP contribution in [0.2, 0.25) is 0 Å². The molecule has 1 aromatic heterocycles. The van der Waals surface area contributed by atoms with Crippen molar-refractivity contribution in [3.8, 4) is 0 Å². The predicted octanol–water partition coefficient (Wildman–Crippen LogP) is 2.23. The van der Waals surface area contributed by atoms with Crippen molar-refractivity contribution >= 4 is 5.82 Å². The molecule has 0 aromatic carbocycles. The number of aromatic nitrogens is 1. The highest BCUT2D eigenvalue weighted by Gasteiger charge is 2.17. The van der Waals surface area contributed by atoms with E-state index in [4.69, 9.17) is 4.74 Å². The van der Waals surface area contributed by atoms with Gasteiger partial charge in [-0.05, 0) is 32.4 Å². The zero-order chi connectivity index (χ0) is 10.6. The van der Waals surface area contributed by atoms with E-state index < -0.39 is 0 Å². The third-order valence-electron chi connectivity index (χ3n) is 1.88. The molecular formula is C11H18N2O. The van der Waals surface area contributed by atoms with Crippen LogP contribution in [0.1, 0.15) is 19.4 Å². The van der Waals surface area contributed by atoms with Gasteiger partial charge < -0.3 is 10.1 Å². The number of rotatable bonds is 4. The zero-order valence-corrected chi connectivity index (χ0v) is 9.29. The highest BCUT2D eigenvalue weighted by atomic mass is 16.5. The minimum Gasteiger partial charge on any atom is -0.382 e. The van der Waals surface area contributed by atoms with Gasteiger partial charge in [-0.2, -0.15) is 0 Å². The lowest BCUT2D eigenvalue weighted by molar-refractivity contribution is 0.158. The summed E-state index contributed by atoms with van der Waals surface area (Å²) in [5.41, 5.74) is 1.08. The van der Waals surface area contributed by atoms with Crippen molar-refractivity contribution in [2.24, 2.45) is 0 Å². The summed E-state index contributed by atoms with van der Waals surface area (Å²) >= 11 is 0. The van der Waals surface area contributed by atoms with Gasteiger partial charge in [-0.15, -0.1) is 0 Å². The second-order valence-corrected chi connectivity index (χ2v) is 4.16. The van der Waals surface area contributed by atoms with Crippen LogP contribution in [-0.2, 0) is 4.74 Å². The van der Waals surface area contributed by atoms with E-state index in [2.05, 4.69) is 24.1 Å². The van der Waals surface area contributed by atoms with Crippen molar-refractivity contribution in [2.75, 3.05) is 19.0 Å². The van der Waals surface area contributed by atoms with Gasteiger partial charge in [-0.3, -0.25) is 0 Å². The molecule has 3 heteroatoms. The molecule has 0 aliphatic heterocycles. The molecule has 0 spiro atoms. The molecule has 3 nitrogen and oxygen atoms in total. The lowest BCUT2D eigenvalue weighted by Gasteiger charge is -2.25. The first kappa shape index (κ1) is 11.0. The Balaban J connectivity index is 2.64. The number of methoxy groups -OCH3 is 1. The summed E-state index contributed by atoms with van der Waals surface area (Å²) in [5.74, 6) is 0.887. The van der Waals surface area contributed by atoms with Gasteiger partial charge in [0.2, 0.25) is 0 Å². The molecule has 1 aromatic rings. The van der Waals surface area contributed by atoms with Crippen LogP contribution in [0.4, 0.5) is 5.82 Å². The van der Waals surface area contributed by atoms with Crippen molar-refractivity contribution in [3.63, 3.8) is 0 Å². The highest BCUT2D eigenvalue weighted by molar-refractivity contribution is 5.37. The largest absolute Gasteiger partial charge is 0.382 e. The minimum atomic E-state index is -0.0863.